The van der Waals surface area contributed by atoms with Crippen molar-refractivity contribution in [2.24, 2.45) is 5.92 Å². The number of hydrogen-bond donors (Lipinski definition) is 2. The number of carbonyl (C=O) groups excluding carboxylic acids is 1. The van der Waals surface area contributed by atoms with Crippen molar-refractivity contribution < 1.29 is 13.6 Å². The normalized spacial score (nSPS) is 22.1. The van der Waals surface area contributed by atoms with E-state index >= 15 is 0 Å². The van der Waals surface area contributed by atoms with Crippen LogP contribution in [0.25, 0.3) is 0 Å². The van der Waals surface area contributed by atoms with Gasteiger partial charge in [-0.1, -0.05) is 0 Å². The summed E-state index contributed by atoms with van der Waals surface area (Å²) in [5.41, 5.74) is 1.33. The zero-order chi connectivity index (χ0) is 17.4. The number of nitrogens with zero attached hydrogens (tertiary/aromatic N) is 2. The average Bonchev–Trinajstić information content (AvgIpc) is 3.17. The zero-order valence-electron chi connectivity index (χ0n) is 13.5. The van der Waals surface area contributed by atoms with Gasteiger partial charge >= 0.3 is 0 Å². The summed E-state index contributed by atoms with van der Waals surface area (Å²) < 4.78 is 26.5. The maximum atomic E-state index is 13.3. The molecule has 1 aromatic heterocycles. The van der Waals surface area contributed by atoms with E-state index in [2.05, 4.69) is 20.5 Å². The van der Waals surface area contributed by atoms with Gasteiger partial charge in [-0.15, -0.1) is 0 Å². The molecular weight excluding hydrogens is 326 g/mol. The van der Waals surface area contributed by atoms with Crippen LogP contribution >= 0.6 is 0 Å². The Morgan fingerprint density at radius 3 is 2.76 bits per heavy atom. The van der Waals surface area contributed by atoms with Crippen molar-refractivity contribution in [1.82, 2.24) is 10.3 Å². The Morgan fingerprint density at radius 2 is 1.96 bits per heavy atom. The largest absolute Gasteiger partial charge is 0.366 e. The van der Waals surface area contributed by atoms with Gasteiger partial charge in [0, 0.05) is 43.6 Å². The number of amides is 1. The van der Waals surface area contributed by atoms with Crippen molar-refractivity contribution in [3.8, 4) is 0 Å². The summed E-state index contributed by atoms with van der Waals surface area (Å²) >= 11 is 0. The number of pyridine rings is 1. The van der Waals surface area contributed by atoms with E-state index in [1.807, 2.05) is 0 Å². The summed E-state index contributed by atoms with van der Waals surface area (Å²) in [7, 11) is 0. The molecule has 0 aliphatic carbocycles. The van der Waals surface area contributed by atoms with Gasteiger partial charge in [0.05, 0.1) is 17.4 Å². The first-order chi connectivity index (χ1) is 12.1. The second-order valence-electron chi connectivity index (χ2n) is 6.51. The van der Waals surface area contributed by atoms with E-state index in [1.165, 1.54) is 6.20 Å². The highest BCUT2D eigenvalue weighted by Crippen LogP contribution is 2.31. The summed E-state index contributed by atoms with van der Waals surface area (Å²) in [5, 5.41) is 5.91. The first-order valence-electron chi connectivity index (χ1n) is 8.30. The Bertz CT molecular complexity index is 793. The highest BCUT2D eigenvalue weighted by molar-refractivity contribution is 6.04. The minimum atomic E-state index is -0.737. The second-order valence-corrected chi connectivity index (χ2v) is 6.51. The van der Waals surface area contributed by atoms with E-state index in [-0.39, 0.29) is 5.69 Å². The molecule has 2 atom stereocenters. The molecular formula is C18H18F2N4O. The van der Waals surface area contributed by atoms with E-state index < -0.39 is 17.5 Å². The highest BCUT2D eigenvalue weighted by Gasteiger charge is 2.37. The molecule has 5 nitrogen and oxygen atoms in total. The highest BCUT2D eigenvalue weighted by atomic mass is 19.1. The fourth-order valence-electron chi connectivity index (χ4n) is 3.71. The Hall–Kier alpha value is -2.54. The molecule has 0 unspecified atom stereocenters. The first-order valence-corrected chi connectivity index (χ1v) is 8.30. The summed E-state index contributed by atoms with van der Waals surface area (Å²) in [5.74, 6) is -1.29. The quantitative estimate of drug-likeness (QED) is 0.898. The molecule has 130 valence electrons. The zero-order valence-corrected chi connectivity index (χ0v) is 13.5. The van der Waals surface area contributed by atoms with Gasteiger partial charge in [0.25, 0.3) is 5.91 Å². The number of benzene rings is 1. The molecule has 0 saturated carbocycles. The van der Waals surface area contributed by atoms with Crippen molar-refractivity contribution in [2.45, 2.75) is 12.5 Å². The van der Waals surface area contributed by atoms with Crippen molar-refractivity contribution >= 4 is 17.3 Å². The monoisotopic (exact) mass is 344 g/mol. The molecule has 2 saturated heterocycles. The van der Waals surface area contributed by atoms with E-state index in [4.69, 9.17) is 0 Å². The summed E-state index contributed by atoms with van der Waals surface area (Å²) in [6.45, 7) is 2.91. The van der Waals surface area contributed by atoms with Gasteiger partial charge in [-0.2, -0.15) is 0 Å². The van der Waals surface area contributed by atoms with E-state index in [9.17, 15) is 13.6 Å². The number of nitrogens with one attached hydrogen (secondary N) is 2. The van der Waals surface area contributed by atoms with Gasteiger partial charge in [0.15, 0.2) is 0 Å². The molecule has 2 aliphatic rings. The SMILES string of the molecule is O=C(Nc1cc(F)cc(F)c1)c1cncc(N2CC[C@H]3CNC[C@H]32)c1. The van der Waals surface area contributed by atoms with Gasteiger partial charge in [-0.3, -0.25) is 9.78 Å². The number of hydrogen-bond acceptors (Lipinski definition) is 4. The molecule has 1 aromatic carbocycles. The number of aromatic nitrogens is 1. The number of carbonyl (C=O) groups is 1. The maximum Gasteiger partial charge on any atom is 0.257 e. The van der Waals surface area contributed by atoms with Crippen LogP contribution in [0.4, 0.5) is 20.2 Å². The number of halogens is 2. The van der Waals surface area contributed by atoms with E-state index in [0.29, 0.717) is 17.5 Å². The lowest BCUT2D eigenvalue weighted by molar-refractivity contribution is 0.102. The topological polar surface area (TPSA) is 57.3 Å². The van der Waals surface area contributed by atoms with Crippen LogP contribution in [0, 0.1) is 17.6 Å². The Labute approximate surface area is 144 Å². The third-order valence-electron chi connectivity index (χ3n) is 4.88. The van der Waals surface area contributed by atoms with Gasteiger partial charge in [0.2, 0.25) is 0 Å². The van der Waals surface area contributed by atoms with E-state index in [0.717, 1.165) is 49.9 Å². The summed E-state index contributed by atoms with van der Waals surface area (Å²) in [6, 6.07) is 5.12. The Morgan fingerprint density at radius 1 is 1.16 bits per heavy atom. The van der Waals surface area contributed by atoms with Gasteiger partial charge in [-0.25, -0.2) is 8.78 Å². The van der Waals surface area contributed by atoms with Gasteiger partial charge in [0.1, 0.15) is 11.6 Å². The fourth-order valence-corrected chi connectivity index (χ4v) is 3.71. The number of anilines is 2. The molecule has 25 heavy (non-hydrogen) atoms. The lowest BCUT2D eigenvalue weighted by Gasteiger charge is -2.25. The molecule has 3 heterocycles. The van der Waals surface area contributed by atoms with Crippen LogP contribution in [-0.4, -0.2) is 36.6 Å². The van der Waals surface area contributed by atoms with Crippen LogP contribution in [0.2, 0.25) is 0 Å². The lowest BCUT2D eigenvalue weighted by Crippen LogP contribution is -2.34. The Balaban J connectivity index is 1.53. The van der Waals surface area contributed by atoms with Crippen LogP contribution in [0.1, 0.15) is 16.8 Å². The smallest absolute Gasteiger partial charge is 0.257 e. The van der Waals surface area contributed by atoms with E-state index in [1.54, 1.807) is 12.3 Å². The van der Waals surface area contributed by atoms with Crippen molar-refractivity contribution in [3.05, 3.63) is 53.9 Å². The molecule has 2 fully saturated rings. The molecule has 0 radical (unpaired) electrons. The lowest BCUT2D eigenvalue weighted by atomic mass is 10.1. The third-order valence-corrected chi connectivity index (χ3v) is 4.88. The van der Waals surface area contributed by atoms with Crippen LogP contribution in [0.15, 0.2) is 36.7 Å². The standard InChI is InChI=1S/C18H18F2N4O/c19-13-4-14(20)6-15(5-13)23-18(25)12-3-16(9-21-8-12)24-2-1-11-7-22-10-17(11)24/h3-6,8-9,11,17,22H,1-2,7,10H2,(H,23,25)/t11-,17+/m0/s1. The molecule has 2 N–H and O–H groups in total. The van der Waals surface area contributed by atoms with Gasteiger partial charge in [-0.05, 0) is 30.5 Å². The average molecular weight is 344 g/mol. The molecule has 2 aromatic rings. The molecule has 2 aliphatic heterocycles. The molecule has 0 spiro atoms. The summed E-state index contributed by atoms with van der Waals surface area (Å²) in [6.07, 6.45) is 4.32. The van der Waals surface area contributed by atoms with Crippen LogP contribution < -0.4 is 15.5 Å². The van der Waals surface area contributed by atoms with Gasteiger partial charge < -0.3 is 15.5 Å². The fraction of sp³-hybridized carbons (Fsp3) is 0.333. The maximum absolute atomic E-state index is 13.3. The molecule has 1 amide bonds. The van der Waals surface area contributed by atoms with Crippen LogP contribution in [0.5, 0.6) is 0 Å². The molecule has 7 heteroatoms. The first kappa shape index (κ1) is 16.0. The predicted octanol–water partition coefficient (Wildman–Crippen LogP) is 2.41. The second kappa shape index (κ2) is 6.40. The Kier molecular flexibility index (Phi) is 4.09. The third kappa shape index (κ3) is 3.19. The minimum Gasteiger partial charge on any atom is -0.366 e. The molecule has 4 rings (SSSR count). The van der Waals surface area contributed by atoms with Crippen LogP contribution in [0.3, 0.4) is 0 Å². The minimum absolute atomic E-state index is 0.0779. The van der Waals surface area contributed by atoms with Crippen LogP contribution in [-0.2, 0) is 0 Å². The van der Waals surface area contributed by atoms with Crippen molar-refractivity contribution in [2.75, 3.05) is 29.9 Å². The molecule has 0 bridgehead atoms. The number of fused-ring (bicyclic) bond motifs is 1. The van der Waals surface area contributed by atoms with Crippen molar-refractivity contribution in [1.29, 1.82) is 0 Å². The summed E-state index contributed by atoms with van der Waals surface area (Å²) in [4.78, 5) is 18.8. The number of rotatable bonds is 3. The van der Waals surface area contributed by atoms with Crippen molar-refractivity contribution in [3.63, 3.8) is 0 Å². The predicted molar refractivity (Wildman–Crippen MR) is 90.7 cm³/mol.